The SMILES string of the molecule is Cc1ccc(SCCNC(=O)COn2nnc3ccccc32)cc1. The molecule has 3 aromatic rings. The smallest absolute Gasteiger partial charge is 0.260 e. The number of aryl methyl sites for hydroxylation is 1. The van der Waals surface area contributed by atoms with Crippen LogP contribution in [0.1, 0.15) is 5.56 Å². The Balaban J connectivity index is 1.39. The van der Waals surface area contributed by atoms with Crippen LogP contribution in [0.15, 0.2) is 53.4 Å². The number of nitrogens with zero attached hydrogens (tertiary/aromatic N) is 3. The van der Waals surface area contributed by atoms with Gasteiger partial charge in [-0.25, -0.2) is 0 Å². The third-order valence-electron chi connectivity index (χ3n) is 3.35. The minimum absolute atomic E-state index is 0.0947. The van der Waals surface area contributed by atoms with Gasteiger partial charge in [0.25, 0.3) is 5.91 Å². The fraction of sp³-hybridized carbons (Fsp3) is 0.235. The molecule has 1 heterocycles. The van der Waals surface area contributed by atoms with E-state index in [9.17, 15) is 4.79 Å². The summed E-state index contributed by atoms with van der Waals surface area (Å²) in [5, 5.41) is 10.7. The number of hydrogen-bond acceptors (Lipinski definition) is 5. The van der Waals surface area contributed by atoms with Gasteiger partial charge in [-0.05, 0) is 36.4 Å². The van der Waals surface area contributed by atoms with Crippen LogP contribution in [0.3, 0.4) is 0 Å². The average Bonchev–Trinajstić information content (AvgIpc) is 3.02. The molecule has 124 valence electrons. The van der Waals surface area contributed by atoms with E-state index < -0.39 is 0 Å². The van der Waals surface area contributed by atoms with Gasteiger partial charge >= 0.3 is 0 Å². The Morgan fingerprint density at radius 3 is 2.83 bits per heavy atom. The zero-order valence-electron chi connectivity index (χ0n) is 13.3. The maximum absolute atomic E-state index is 11.8. The minimum Gasteiger partial charge on any atom is -0.385 e. The van der Waals surface area contributed by atoms with E-state index in [1.165, 1.54) is 15.3 Å². The number of carbonyl (C=O) groups is 1. The lowest BCUT2D eigenvalue weighted by Crippen LogP contribution is -2.33. The van der Waals surface area contributed by atoms with Crippen LogP contribution in [0.25, 0.3) is 11.0 Å². The van der Waals surface area contributed by atoms with E-state index >= 15 is 0 Å². The van der Waals surface area contributed by atoms with Gasteiger partial charge in [0, 0.05) is 17.2 Å². The van der Waals surface area contributed by atoms with Gasteiger partial charge in [-0.1, -0.05) is 34.7 Å². The Kier molecular flexibility index (Phi) is 5.32. The number of thioether (sulfide) groups is 1. The van der Waals surface area contributed by atoms with E-state index in [1.54, 1.807) is 11.8 Å². The molecule has 2 aromatic carbocycles. The van der Waals surface area contributed by atoms with E-state index in [4.69, 9.17) is 4.84 Å². The van der Waals surface area contributed by atoms with Gasteiger partial charge in [0.1, 0.15) is 11.0 Å². The van der Waals surface area contributed by atoms with Crippen molar-refractivity contribution >= 4 is 28.7 Å². The monoisotopic (exact) mass is 342 g/mol. The number of aromatic nitrogens is 3. The maximum Gasteiger partial charge on any atom is 0.260 e. The lowest BCUT2D eigenvalue weighted by molar-refractivity contribution is -0.126. The van der Waals surface area contributed by atoms with Crippen molar-refractivity contribution in [2.24, 2.45) is 0 Å². The maximum atomic E-state index is 11.8. The second-order valence-electron chi connectivity index (χ2n) is 5.24. The zero-order valence-corrected chi connectivity index (χ0v) is 14.1. The molecule has 0 saturated carbocycles. The Morgan fingerprint density at radius 2 is 2.00 bits per heavy atom. The summed E-state index contributed by atoms with van der Waals surface area (Å²) < 4.78 is 0. The van der Waals surface area contributed by atoms with Crippen LogP contribution in [0.5, 0.6) is 0 Å². The zero-order chi connectivity index (χ0) is 16.8. The second kappa shape index (κ2) is 7.83. The number of hydrogen-bond donors (Lipinski definition) is 1. The summed E-state index contributed by atoms with van der Waals surface area (Å²) in [4.78, 5) is 19.7. The Bertz CT molecular complexity index is 817. The third kappa shape index (κ3) is 4.26. The topological polar surface area (TPSA) is 69.0 Å². The second-order valence-corrected chi connectivity index (χ2v) is 6.40. The number of nitrogens with one attached hydrogen (secondary N) is 1. The summed E-state index contributed by atoms with van der Waals surface area (Å²) in [6.07, 6.45) is 0. The number of para-hydroxylation sites is 1. The normalized spacial score (nSPS) is 10.7. The van der Waals surface area contributed by atoms with Crippen molar-refractivity contribution < 1.29 is 9.63 Å². The largest absolute Gasteiger partial charge is 0.385 e. The van der Waals surface area contributed by atoms with Crippen LogP contribution in [0.2, 0.25) is 0 Å². The molecule has 0 aliphatic carbocycles. The van der Waals surface area contributed by atoms with Crippen molar-refractivity contribution in [1.82, 2.24) is 20.5 Å². The standard InChI is InChI=1S/C17H18N4O2S/c1-13-6-8-14(9-7-13)24-11-10-18-17(22)12-23-21-16-5-3-2-4-15(16)19-20-21/h2-9H,10-12H2,1H3,(H,18,22). The molecule has 6 nitrogen and oxygen atoms in total. The van der Waals surface area contributed by atoms with Gasteiger partial charge in [0.15, 0.2) is 6.61 Å². The van der Waals surface area contributed by atoms with Gasteiger partial charge in [0.2, 0.25) is 0 Å². The molecule has 0 radical (unpaired) electrons. The first kappa shape index (κ1) is 16.3. The molecule has 0 saturated heterocycles. The highest BCUT2D eigenvalue weighted by atomic mass is 32.2. The highest BCUT2D eigenvalue weighted by Crippen LogP contribution is 2.17. The molecular weight excluding hydrogens is 324 g/mol. The van der Waals surface area contributed by atoms with E-state index in [-0.39, 0.29) is 12.5 Å². The van der Waals surface area contributed by atoms with Crippen molar-refractivity contribution in [2.45, 2.75) is 11.8 Å². The van der Waals surface area contributed by atoms with Crippen molar-refractivity contribution in [2.75, 3.05) is 18.9 Å². The van der Waals surface area contributed by atoms with Crippen molar-refractivity contribution in [3.8, 4) is 0 Å². The van der Waals surface area contributed by atoms with E-state index in [0.29, 0.717) is 6.54 Å². The summed E-state index contributed by atoms with van der Waals surface area (Å²) >= 11 is 1.71. The molecule has 1 aromatic heterocycles. The third-order valence-corrected chi connectivity index (χ3v) is 4.37. The Morgan fingerprint density at radius 1 is 1.21 bits per heavy atom. The van der Waals surface area contributed by atoms with E-state index in [2.05, 4.69) is 46.8 Å². The van der Waals surface area contributed by atoms with Crippen LogP contribution in [-0.4, -0.2) is 40.0 Å². The van der Waals surface area contributed by atoms with E-state index in [1.807, 2.05) is 24.3 Å². The molecule has 0 bridgehead atoms. The number of fused-ring (bicyclic) bond motifs is 1. The molecule has 3 rings (SSSR count). The first-order chi connectivity index (χ1) is 11.7. The molecule has 0 unspecified atom stereocenters. The van der Waals surface area contributed by atoms with Crippen molar-refractivity contribution in [3.63, 3.8) is 0 Å². The van der Waals surface area contributed by atoms with Gasteiger partial charge < -0.3 is 10.2 Å². The fourth-order valence-electron chi connectivity index (χ4n) is 2.11. The number of rotatable bonds is 7. The quantitative estimate of drug-likeness (QED) is 0.526. The van der Waals surface area contributed by atoms with Crippen LogP contribution in [0, 0.1) is 6.92 Å². The first-order valence-electron chi connectivity index (χ1n) is 7.62. The lowest BCUT2D eigenvalue weighted by atomic mass is 10.2. The summed E-state index contributed by atoms with van der Waals surface area (Å²) in [6, 6.07) is 15.7. The van der Waals surface area contributed by atoms with Crippen LogP contribution >= 0.6 is 11.8 Å². The fourth-order valence-corrected chi connectivity index (χ4v) is 2.88. The average molecular weight is 342 g/mol. The summed E-state index contributed by atoms with van der Waals surface area (Å²) in [5.74, 6) is 0.625. The van der Waals surface area contributed by atoms with Gasteiger partial charge in [-0.15, -0.1) is 16.9 Å². The predicted molar refractivity (Wildman–Crippen MR) is 93.9 cm³/mol. The molecule has 0 aliphatic rings. The first-order valence-corrected chi connectivity index (χ1v) is 8.61. The summed E-state index contributed by atoms with van der Waals surface area (Å²) in [6.45, 7) is 2.55. The molecule has 1 N–H and O–H groups in total. The Hall–Kier alpha value is -2.54. The predicted octanol–water partition coefficient (Wildman–Crippen LogP) is 2.08. The van der Waals surface area contributed by atoms with Crippen molar-refractivity contribution in [3.05, 3.63) is 54.1 Å². The molecule has 0 atom stereocenters. The van der Waals surface area contributed by atoms with E-state index in [0.717, 1.165) is 16.8 Å². The van der Waals surface area contributed by atoms with Gasteiger partial charge in [-0.3, -0.25) is 4.79 Å². The minimum atomic E-state index is -0.181. The molecule has 24 heavy (non-hydrogen) atoms. The molecule has 7 heteroatoms. The number of amides is 1. The molecule has 1 amide bonds. The van der Waals surface area contributed by atoms with Gasteiger partial charge in [0.05, 0.1) is 0 Å². The highest BCUT2D eigenvalue weighted by Gasteiger charge is 2.07. The lowest BCUT2D eigenvalue weighted by Gasteiger charge is -2.07. The van der Waals surface area contributed by atoms with Gasteiger partial charge in [-0.2, -0.15) is 0 Å². The Labute approximate surface area is 144 Å². The molecule has 0 fully saturated rings. The highest BCUT2D eigenvalue weighted by molar-refractivity contribution is 7.99. The molecule has 0 spiro atoms. The summed E-state index contributed by atoms with van der Waals surface area (Å²) in [5.41, 5.74) is 2.71. The van der Waals surface area contributed by atoms with Crippen molar-refractivity contribution in [1.29, 1.82) is 0 Å². The number of carbonyl (C=O) groups excluding carboxylic acids is 1. The van der Waals surface area contributed by atoms with Crippen LogP contribution < -0.4 is 10.2 Å². The van der Waals surface area contributed by atoms with Crippen LogP contribution in [0.4, 0.5) is 0 Å². The molecule has 0 aliphatic heterocycles. The summed E-state index contributed by atoms with van der Waals surface area (Å²) in [7, 11) is 0. The molecular formula is C17H18N4O2S. The number of benzene rings is 2. The van der Waals surface area contributed by atoms with Crippen LogP contribution in [-0.2, 0) is 4.79 Å².